The molecule has 0 bridgehead atoms. The van der Waals surface area contributed by atoms with Gasteiger partial charge in [0.2, 0.25) is 5.91 Å². The number of rotatable bonds is 5. The van der Waals surface area contributed by atoms with E-state index in [0.29, 0.717) is 13.1 Å². The van der Waals surface area contributed by atoms with Gasteiger partial charge in [-0.1, -0.05) is 0 Å². The molecule has 0 saturated heterocycles. The Hall–Kier alpha value is -2.50. The number of imidazole rings is 1. The van der Waals surface area contributed by atoms with E-state index >= 15 is 0 Å². The highest BCUT2D eigenvalue weighted by atomic mass is 19.1. The summed E-state index contributed by atoms with van der Waals surface area (Å²) in [7, 11) is 0. The van der Waals surface area contributed by atoms with Gasteiger partial charge < -0.3 is 9.88 Å². The van der Waals surface area contributed by atoms with Crippen LogP contribution in [0.5, 0.6) is 0 Å². The van der Waals surface area contributed by atoms with Crippen LogP contribution in [0, 0.1) is 11.6 Å². The number of carbonyl (C=O) groups excluding carboxylic acids is 1. The van der Waals surface area contributed by atoms with Crippen molar-refractivity contribution in [1.29, 1.82) is 0 Å². The Morgan fingerprint density at radius 3 is 2.95 bits per heavy atom. The Kier molecular flexibility index (Phi) is 4.60. The third kappa shape index (κ3) is 4.01. The number of aromatic nitrogens is 2. The van der Waals surface area contributed by atoms with Crippen molar-refractivity contribution in [3.8, 4) is 0 Å². The molecule has 0 aliphatic rings. The van der Waals surface area contributed by atoms with E-state index in [-0.39, 0.29) is 11.5 Å². The molecule has 6 heteroatoms. The van der Waals surface area contributed by atoms with Crippen LogP contribution in [0.3, 0.4) is 0 Å². The summed E-state index contributed by atoms with van der Waals surface area (Å²) >= 11 is 0. The fraction of sp³-hybridized carbons (Fsp3) is 0.143. The number of nitrogens with one attached hydrogen (secondary N) is 1. The number of hydrogen-bond acceptors (Lipinski definition) is 2. The standard InChI is InChI=1S/C14H13F2N3O/c15-12-3-1-11(13(16)9-12)2-4-14(20)18-6-8-19-7-5-17-10-19/h1-5,7,9-10H,6,8H2,(H,18,20). The van der Waals surface area contributed by atoms with Crippen LogP contribution in [-0.4, -0.2) is 22.0 Å². The van der Waals surface area contributed by atoms with E-state index in [4.69, 9.17) is 0 Å². The second kappa shape index (κ2) is 6.60. The second-order valence-electron chi connectivity index (χ2n) is 4.09. The van der Waals surface area contributed by atoms with E-state index in [0.717, 1.165) is 12.1 Å². The molecule has 0 radical (unpaired) electrons. The summed E-state index contributed by atoms with van der Waals surface area (Å²) < 4.78 is 27.8. The van der Waals surface area contributed by atoms with Gasteiger partial charge in [0, 0.05) is 43.2 Å². The van der Waals surface area contributed by atoms with Gasteiger partial charge in [0.25, 0.3) is 0 Å². The Morgan fingerprint density at radius 2 is 2.25 bits per heavy atom. The first-order chi connectivity index (χ1) is 9.65. The molecule has 1 heterocycles. The number of hydrogen-bond donors (Lipinski definition) is 1. The SMILES string of the molecule is O=C(C=Cc1ccc(F)cc1F)NCCn1ccnc1. The molecule has 1 N–H and O–H groups in total. The number of carbonyl (C=O) groups is 1. The second-order valence-corrected chi connectivity index (χ2v) is 4.09. The molecular weight excluding hydrogens is 264 g/mol. The lowest BCUT2D eigenvalue weighted by Crippen LogP contribution is -2.25. The molecule has 0 saturated carbocycles. The van der Waals surface area contributed by atoms with E-state index in [1.165, 1.54) is 18.2 Å². The molecule has 1 aromatic carbocycles. The molecule has 0 aliphatic carbocycles. The minimum Gasteiger partial charge on any atom is -0.351 e. The van der Waals surface area contributed by atoms with Crippen LogP contribution in [0.4, 0.5) is 8.78 Å². The first-order valence-electron chi connectivity index (χ1n) is 6.02. The van der Waals surface area contributed by atoms with Gasteiger partial charge in [0.05, 0.1) is 6.33 Å². The Balaban J connectivity index is 1.83. The summed E-state index contributed by atoms with van der Waals surface area (Å²) in [6.07, 6.45) is 7.61. The van der Waals surface area contributed by atoms with Crippen molar-refractivity contribution in [2.45, 2.75) is 6.54 Å². The van der Waals surface area contributed by atoms with Crippen molar-refractivity contribution < 1.29 is 13.6 Å². The van der Waals surface area contributed by atoms with Crippen molar-refractivity contribution in [3.05, 3.63) is 60.2 Å². The van der Waals surface area contributed by atoms with E-state index in [9.17, 15) is 13.6 Å². The molecule has 1 amide bonds. The van der Waals surface area contributed by atoms with Gasteiger partial charge >= 0.3 is 0 Å². The summed E-state index contributed by atoms with van der Waals surface area (Å²) in [5.41, 5.74) is 0.163. The minimum absolute atomic E-state index is 0.163. The molecule has 4 nitrogen and oxygen atoms in total. The maximum Gasteiger partial charge on any atom is 0.244 e. The average Bonchev–Trinajstić information content (AvgIpc) is 2.91. The zero-order chi connectivity index (χ0) is 14.4. The average molecular weight is 277 g/mol. The van der Waals surface area contributed by atoms with Gasteiger partial charge in [-0.15, -0.1) is 0 Å². The molecule has 0 aliphatic heterocycles. The third-order valence-corrected chi connectivity index (χ3v) is 2.61. The Bertz CT molecular complexity index is 609. The van der Waals surface area contributed by atoms with E-state index in [2.05, 4.69) is 10.3 Å². The number of halogens is 2. The predicted molar refractivity (Wildman–Crippen MR) is 70.6 cm³/mol. The maximum atomic E-state index is 13.3. The largest absolute Gasteiger partial charge is 0.351 e. The van der Waals surface area contributed by atoms with Gasteiger partial charge in [-0.3, -0.25) is 4.79 Å². The van der Waals surface area contributed by atoms with Crippen molar-refractivity contribution in [3.63, 3.8) is 0 Å². The van der Waals surface area contributed by atoms with Crippen LogP contribution in [0.15, 0.2) is 43.0 Å². The fourth-order valence-corrected chi connectivity index (χ4v) is 1.59. The highest BCUT2D eigenvalue weighted by Crippen LogP contribution is 2.10. The normalized spacial score (nSPS) is 10.9. The van der Waals surface area contributed by atoms with Crippen molar-refractivity contribution >= 4 is 12.0 Å². The lowest BCUT2D eigenvalue weighted by molar-refractivity contribution is -0.116. The summed E-state index contributed by atoms with van der Waals surface area (Å²) in [5.74, 6) is -1.69. The molecule has 0 spiro atoms. The van der Waals surface area contributed by atoms with Gasteiger partial charge in [-0.2, -0.15) is 0 Å². The Labute approximate surface area is 114 Å². The lowest BCUT2D eigenvalue weighted by Gasteiger charge is -2.03. The van der Waals surface area contributed by atoms with Gasteiger partial charge in [-0.05, 0) is 18.2 Å². The molecule has 2 rings (SSSR count). The monoisotopic (exact) mass is 277 g/mol. The van der Waals surface area contributed by atoms with Crippen molar-refractivity contribution in [2.24, 2.45) is 0 Å². The van der Waals surface area contributed by atoms with Crippen molar-refractivity contribution in [2.75, 3.05) is 6.54 Å². The summed E-state index contributed by atoms with van der Waals surface area (Å²) in [6, 6.07) is 3.19. The number of amides is 1. The quantitative estimate of drug-likeness (QED) is 0.850. The predicted octanol–water partition coefficient (Wildman–Crippen LogP) is 1.99. The van der Waals surface area contributed by atoms with Crippen LogP contribution in [0.2, 0.25) is 0 Å². The Morgan fingerprint density at radius 1 is 1.40 bits per heavy atom. The van der Waals surface area contributed by atoms with Gasteiger partial charge in [-0.25, -0.2) is 13.8 Å². The molecule has 20 heavy (non-hydrogen) atoms. The van der Waals surface area contributed by atoms with E-state index in [1.807, 2.05) is 4.57 Å². The van der Waals surface area contributed by atoms with Crippen LogP contribution in [0.25, 0.3) is 6.08 Å². The molecule has 0 fully saturated rings. The fourth-order valence-electron chi connectivity index (χ4n) is 1.59. The summed E-state index contributed by atoms with van der Waals surface area (Å²) in [5, 5.41) is 2.65. The summed E-state index contributed by atoms with van der Waals surface area (Å²) in [6.45, 7) is 1.04. The zero-order valence-corrected chi connectivity index (χ0v) is 10.6. The smallest absolute Gasteiger partial charge is 0.244 e. The number of nitrogens with zero attached hydrogens (tertiary/aromatic N) is 2. The van der Waals surface area contributed by atoms with Crippen LogP contribution in [0.1, 0.15) is 5.56 Å². The molecule has 2 aromatic rings. The van der Waals surface area contributed by atoms with Crippen LogP contribution in [-0.2, 0) is 11.3 Å². The number of benzene rings is 1. The first-order valence-corrected chi connectivity index (χ1v) is 6.02. The van der Waals surface area contributed by atoms with Gasteiger partial charge in [0.1, 0.15) is 11.6 Å². The molecule has 104 valence electrons. The first kappa shape index (κ1) is 13.9. The maximum absolute atomic E-state index is 13.3. The topological polar surface area (TPSA) is 46.9 Å². The molecule has 0 unspecified atom stereocenters. The lowest BCUT2D eigenvalue weighted by atomic mass is 10.2. The zero-order valence-electron chi connectivity index (χ0n) is 10.6. The van der Waals surface area contributed by atoms with Crippen LogP contribution >= 0.6 is 0 Å². The van der Waals surface area contributed by atoms with Gasteiger partial charge in [0.15, 0.2) is 0 Å². The van der Waals surface area contributed by atoms with E-state index < -0.39 is 11.6 Å². The molecular formula is C14H13F2N3O. The minimum atomic E-state index is -0.701. The molecule has 0 atom stereocenters. The van der Waals surface area contributed by atoms with Crippen LogP contribution < -0.4 is 5.32 Å². The van der Waals surface area contributed by atoms with Crippen molar-refractivity contribution in [1.82, 2.24) is 14.9 Å². The third-order valence-electron chi connectivity index (χ3n) is 2.61. The highest BCUT2D eigenvalue weighted by Gasteiger charge is 2.01. The van der Waals surface area contributed by atoms with E-state index in [1.54, 1.807) is 18.7 Å². The summed E-state index contributed by atoms with van der Waals surface area (Å²) in [4.78, 5) is 15.4. The molecule has 1 aromatic heterocycles. The highest BCUT2D eigenvalue weighted by molar-refractivity contribution is 5.91.